The van der Waals surface area contributed by atoms with Gasteiger partial charge in [-0.2, -0.15) is 0 Å². The van der Waals surface area contributed by atoms with Crippen LogP contribution in [-0.2, 0) is 4.74 Å². The summed E-state index contributed by atoms with van der Waals surface area (Å²) < 4.78 is 42.4. The van der Waals surface area contributed by atoms with E-state index in [2.05, 4.69) is 9.72 Å². The van der Waals surface area contributed by atoms with E-state index in [1.807, 2.05) is 0 Å². The van der Waals surface area contributed by atoms with Crippen LogP contribution in [0.3, 0.4) is 0 Å². The van der Waals surface area contributed by atoms with Crippen molar-refractivity contribution in [3.05, 3.63) is 28.3 Å². The number of esters is 1. The van der Waals surface area contributed by atoms with Crippen molar-refractivity contribution < 1.29 is 22.7 Å². The van der Waals surface area contributed by atoms with Gasteiger partial charge in [0.25, 0.3) is 6.43 Å². The van der Waals surface area contributed by atoms with Gasteiger partial charge in [-0.1, -0.05) is 11.6 Å². The highest BCUT2D eigenvalue weighted by molar-refractivity contribution is 6.29. The molecule has 0 unspecified atom stereocenters. The van der Waals surface area contributed by atoms with Crippen molar-refractivity contribution in [2.24, 2.45) is 0 Å². The van der Waals surface area contributed by atoms with E-state index < -0.39 is 34.6 Å². The van der Waals surface area contributed by atoms with E-state index in [0.717, 1.165) is 0 Å². The predicted octanol–water partition coefficient (Wildman–Crippen LogP) is 2.99. The number of rotatable bonds is 3. The Hall–Kier alpha value is -1.30. The molecule has 0 fully saturated rings. The molecule has 0 amide bonds. The molecule has 1 heterocycles. The Morgan fingerprint density at radius 1 is 1.62 bits per heavy atom. The third kappa shape index (κ3) is 2.63. The molecule has 0 atom stereocenters. The molecule has 0 radical (unpaired) electrons. The number of halogens is 4. The summed E-state index contributed by atoms with van der Waals surface area (Å²) in [6.07, 6.45) is -3.03. The monoisotopic (exact) mass is 253 g/mol. The van der Waals surface area contributed by atoms with Gasteiger partial charge in [-0.3, -0.25) is 0 Å². The van der Waals surface area contributed by atoms with Crippen LogP contribution in [0.2, 0.25) is 5.15 Å². The number of hydrogen-bond acceptors (Lipinski definition) is 3. The SMILES string of the molecule is CCOC(=O)c1nc(Cl)c(F)cc1C(F)F. The number of nitrogens with zero attached hydrogens (tertiary/aromatic N) is 1. The highest BCUT2D eigenvalue weighted by Gasteiger charge is 2.23. The maximum atomic E-state index is 12.9. The van der Waals surface area contributed by atoms with Crippen LogP contribution >= 0.6 is 11.6 Å². The zero-order valence-electron chi connectivity index (χ0n) is 8.14. The van der Waals surface area contributed by atoms with E-state index >= 15 is 0 Å². The van der Waals surface area contributed by atoms with E-state index in [-0.39, 0.29) is 6.61 Å². The zero-order valence-corrected chi connectivity index (χ0v) is 8.89. The molecule has 0 aromatic carbocycles. The third-order valence-electron chi connectivity index (χ3n) is 1.67. The zero-order chi connectivity index (χ0) is 12.3. The van der Waals surface area contributed by atoms with Crippen LogP contribution in [0, 0.1) is 5.82 Å². The molecule has 3 nitrogen and oxygen atoms in total. The third-order valence-corrected chi connectivity index (χ3v) is 1.93. The van der Waals surface area contributed by atoms with Gasteiger partial charge in [0.15, 0.2) is 16.7 Å². The van der Waals surface area contributed by atoms with E-state index in [1.165, 1.54) is 6.92 Å². The molecule has 0 spiro atoms. The maximum absolute atomic E-state index is 12.9. The van der Waals surface area contributed by atoms with Gasteiger partial charge in [-0.15, -0.1) is 0 Å². The molecule has 0 N–H and O–H groups in total. The van der Waals surface area contributed by atoms with Gasteiger partial charge in [-0.05, 0) is 13.0 Å². The molecule has 0 aliphatic rings. The summed E-state index contributed by atoms with van der Waals surface area (Å²) in [6.45, 7) is 1.50. The van der Waals surface area contributed by atoms with Crippen molar-refractivity contribution >= 4 is 17.6 Å². The Balaban J connectivity index is 3.24. The standard InChI is InChI=1S/C9H7ClF3NO2/c1-2-16-9(15)6-4(8(12)13)3-5(11)7(10)14-6/h3,8H,2H2,1H3. The Labute approximate surface area is 94.2 Å². The molecule has 7 heteroatoms. The lowest BCUT2D eigenvalue weighted by Crippen LogP contribution is -2.12. The maximum Gasteiger partial charge on any atom is 0.357 e. The number of alkyl halides is 2. The molecule has 0 aliphatic carbocycles. The topological polar surface area (TPSA) is 39.2 Å². The lowest BCUT2D eigenvalue weighted by molar-refractivity contribution is 0.0507. The number of aromatic nitrogens is 1. The Morgan fingerprint density at radius 3 is 2.75 bits per heavy atom. The summed E-state index contributed by atoms with van der Waals surface area (Å²) in [5.41, 5.74) is -1.50. The van der Waals surface area contributed by atoms with Crippen LogP contribution in [0.5, 0.6) is 0 Å². The number of carbonyl (C=O) groups is 1. The summed E-state index contributed by atoms with van der Waals surface area (Å²) in [4.78, 5) is 14.5. The molecule has 88 valence electrons. The molecule has 1 aromatic heterocycles. The minimum atomic E-state index is -3.03. The van der Waals surface area contributed by atoms with Crippen molar-refractivity contribution in [3.63, 3.8) is 0 Å². The molecule has 1 rings (SSSR count). The predicted molar refractivity (Wildman–Crippen MR) is 50.1 cm³/mol. The highest BCUT2D eigenvalue weighted by Crippen LogP contribution is 2.26. The molecular formula is C9H7ClF3NO2. The first kappa shape index (κ1) is 12.8. The number of carbonyl (C=O) groups excluding carboxylic acids is 1. The summed E-state index contributed by atoms with van der Waals surface area (Å²) in [5.74, 6) is -2.16. The van der Waals surface area contributed by atoms with Crippen LogP contribution in [0.1, 0.15) is 29.4 Å². The fourth-order valence-corrected chi connectivity index (χ4v) is 1.15. The normalized spacial score (nSPS) is 10.6. The second kappa shape index (κ2) is 5.16. The average molecular weight is 254 g/mol. The van der Waals surface area contributed by atoms with Gasteiger partial charge >= 0.3 is 5.97 Å². The first-order valence-corrected chi connectivity index (χ1v) is 4.66. The van der Waals surface area contributed by atoms with Crippen LogP contribution < -0.4 is 0 Å². The van der Waals surface area contributed by atoms with Crippen molar-refractivity contribution in [2.75, 3.05) is 6.61 Å². The van der Waals surface area contributed by atoms with Crippen molar-refractivity contribution in [2.45, 2.75) is 13.3 Å². The lowest BCUT2D eigenvalue weighted by Gasteiger charge is -2.07. The lowest BCUT2D eigenvalue weighted by atomic mass is 10.2. The van der Waals surface area contributed by atoms with Crippen LogP contribution in [0.4, 0.5) is 13.2 Å². The number of hydrogen-bond donors (Lipinski definition) is 0. The van der Waals surface area contributed by atoms with E-state index in [0.29, 0.717) is 6.07 Å². The Bertz CT molecular complexity index is 412. The molecule has 1 aromatic rings. The van der Waals surface area contributed by atoms with Crippen molar-refractivity contribution in [3.8, 4) is 0 Å². The van der Waals surface area contributed by atoms with Crippen LogP contribution in [0.25, 0.3) is 0 Å². The largest absolute Gasteiger partial charge is 0.461 e. The van der Waals surface area contributed by atoms with Crippen molar-refractivity contribution in [1.82, 2.24) is 4.98 Å². The Morgan fingerprint density at radius 2 is 2.25 bits per heavy atom. The minimum absolute atomic E-state index is 0.00180. The van der Waals surface area contributed by atoms with Gasteiger partial charge in [-0.25, -0.2) is 22.9 Å². The molecule has 0 saturated carbocycles. The van der Waals surface area contributed by atoms with E-state index in [4.69, 9.17) is 11.6 Å². The summed E-state index contributed by atoms with van der Waals surface area (Å²) in [6, 6.07) is 0.478. The Kier molecular flexibility index (Phi) is 4.12. The molecule has 0 bridgehead atoms. The minimum Gasteiger partial charge on any atom is -0.461 e. The number of ether oxygens (including phenoxy) is 1. The smallest absolute Gasteiger partial charge is 0.357 e. The van der Waals surface area contributed by atoms with Gasteiger partial charge in [0.2, 0.25) is 0 Å². The van der Waals surface area contributed by atoms with Gasteiger partial charge in [0.1, 0.15) is 0 Å². The summed E-state index contributed by atoms with van der Waals surface area (Å²) >= 11 is 5.30. The van der Waals surface area contributed by atoms with Gasteiger partial charge < -0.3 is 4.74 Å². The first-order valence-electron chi connectivity index (χ1n) is 4.28. The summed E-state index contributed by atoms with van der Waals surface area (Å²) in [7, 11) is 0. The fraction of sp³-hybridized carbons (Fsp3) is 0.333. The quantitative estimate of drug-likeness (QED) is 0.614. The van der Waals surface area contributed by atoms with Gasteiger partial charge in [0.05, 0.1) is 12.2 Å². The molecule has 0 saturated heterocycles. The fourth-order valence-electron chi connectivity index (χ4n) is 1.01. The van der Waals surface area contributed by atoms with E-state index in [9.17, 15) is 18.0 Å². The molecule has 0 aliphatic heterocycles. The van der Waals surface area contributed by atoms with Gasteiger partial charge in [0, 0.05) is 0 Å². The average Bonchev–Trinajstić information content (AvgIpc) is 2.21. The second-order valence-corrected chi connectivity index (χ2v) is 3.08. The highest BCUT2D eigenvalue weighted by atomic mass is 35.5. The first-order chi connectivity index (χ1) is 7.47. The summed E-state index contributed by atoms with van der Waals surface area (Å²) in [5, 5.41) is -0.646. The second-order valence-electron chi connectivity index (χ2n) is 2.72. The number of pyridine rings is 1. The molecular weight excluding hydrogens is 247 g/mol. The van der Waals surface area contributed by atoms with Crippen LogP contribution in [0.15, 0.2) is 6.07 Å². The van der Waals surface area contributed by atoms with Crippen molar-refractivity contribution in [1.29, 1.82) is 0 Å². The van der Waals surface area contributed by atoms with Crippen LogP contribution in [-0.4, -0.2) is 17.6 Å². The molecule has 16 heavy (non-hydrogen) atoms. The van der Waals surface area contributed by atoms with E-state index in [1.54, 1.807) is 0 Å².